The second kappa shape index (κ2) is 9.53. The van der Waals surface area contributed by atoms with E-state index >= 15 is 0 Å². The predicted octanol–water partition coefficient (Wildman–Crippen LogP) is 5.14. The zero-order valence-corrected chi connectivity index (χ0v) is 19.6. The molecule has 2 atom stereocenters. The molecule has 31 heavy (non-hydrogen) atoms. The van der Waals surface area contributed by atoms with E-state index in [2.05, 4.69) is 61.4 Å². The second-order valence-electron chi connectivity index (χ2n) is 7.35. The maximum Gasteiger partial charge on any atom is 0.407 e. The number of alkyl carbamates (subject to hydrolysis) is 1. The highest BCUT2D eigenvalue weighted by Gasteiger charge is 2.29. The molecule has 0 saturated carbocycles. The number of aliphatic hydroxyl groups excluding tert-OH is 2. The SMILES string of the molecule is O=C(NCC(O)C(O)c1c(Br)cccc1Br)OCC1c2ccccc2-c2ccccc21. The summed E-state index contributed by atoms with van der Waals surface area (Å²) >= 11 is 6.74. The zero-order valence-electron chi connectivity index (χ0n) is 16.5. The van der Waals surface area contributed by atoms with Gasteiger partial charge in [-0.1, -0.05) is 86.5 Å². The first-order valence-electron chi connectivity index (χ1n) is 9.86. The van der Waals surface area contributed by atoms with Gasteiger partial charge in [0.15, 0.2) is 0 Å². The summed E-state index contributed by atoms with van der Waals surface area (Å²) in [7, 11) is 0. The molecule has 3 aromatic carbocycles. The van der Waals surface area contributed by atoms with Gasteiger partial charge in [-0.3, -0.25) is 0 Å². The Morgan fingerprint density at radius 2 is 1.45 bits per heavy atom. The first-order chi connectivity index (χ1) is 15.0. The number of halogens is 2. The third-order valence-corrected chi connectivity index (χ3v) is 6.84. The number of hydrogen-bond donors (Lipinski definition) is 3. The average Bonchev–Trinajstić information content (AvgIpc) is 3.09. The molecular formula is C24H21Br2NO4. The van der Waals surface area contributed by atoms with Crippen LogP contribution in [0, 0.1) is 0 Å². The van der Waals surface area contributed by atoms with Gasteiger partial charge in [-0.2, -0.15) is 0 Å². The van der Waals surface area contributed by atoms with Crippen molar-refractivity contribution >= 4 is 38.0 Å². The number of aliphatic hydroxyl groups is 2. The summed E-state index contributed by atoms with van der Waals surface area (Å²) in [4.78, 5) is 12.3. The zero-order chi connectivity index (χ0) is 22.0. The molecule has 4 rings (SSSR count). The van der Waals surface area contributed by atoms with Crippen LogP contribution < -0.4 is 5.32 Å². The van der Waals surface area contributed by atoms with Crippen LogP contribution in [0.3, 0.4) is 0 Å². The van der Waals surface area contributed by atoms with Crippen LogP contribution in [0.4, 0.5) is 4.79 Å². The molecule has 0 aromatic heterocycles. The molecule has 3 aromatic rings. The van der Waals surface area contributed by atoms with Crippen LogP contribution in [0.2, 0.25) is 0 Å². The van der Waals surface area contributed by atoms with Gasteiger partial charge in [0, 0.05) is 27.0 Å². The molecule has 0 radical (unpaired) electrons. The minimum Gasteiger partial charge on any atom is -0.449 e. The van der Waals surface area contributed by atoms with E-state index in [1.54, 1.807) is 12.1 Å². The number of benzene rings is 3. The van der Waals surface area contributed by atoms with Gasteiger partial charge >= 0.3 is 6.09 Å². The Morgan fingerprint density at radius 1 is 0.903 bits per heavy atom. The molecule has 0 spiro atoms. The summed E-state index contributed by atoms with van der Waals surface area (Å²) < 4.78 is 6.78. The van der Waals surface area contributed by atoms with Crippen LogP contribution >= 0.6 is 31.9 Å². The van der Waals surface area contributed by atoms with Crippen molar-refractivity contribution in [3.05, 3.63) is 92.4 Å². The van der Waals surface area contributed by atoms with Crippen molar-refractivity contribution in [3.63, 3.8) is 0 Å². The van der Waals surface area contributed by atoms with E-state index in [-0.39, 0.29) is 19.1 Å². The third-order valence-electron chi connectivity index (χ3n) is 5.46. The number of carbonyl (C=O) groups is 1. The number of nitrogens with one attached hydrogen (secondary N) is 1. The normalized spacial score (nSPS) is 14.5. The van der Waals surface area contributed by atoms with Crippen molar-refractivity contribution < 1.29 is 19.7 Å². The summed E-state index contributed by atoms with van der Waals surface area (Å²) in [5.41, 5.74) is 5.09. The number of rotatable bonds is 6. The highest BCUT2D eigenvalue weighted by Crippen LogP contribution is 2.44. The summed E-state index contributed by atoms with van der Waals surface area (Å²) in [6, 6.07) is 21.6. The molecule has 7 heteroatoms. The van der Waals surface area contributed by atoms with E-state index in [0.717, 1.165) is 22.3 Å². The molecule has 160 valence electrons. The minimum absolute atomic E-state index is 0.0371. The number of amides is 1. The van der Waals surface area contributed by atoms with E-state index in [9.17, 15) is 15.0 Å². The van der Waals surface area contributed by atoms with E-state index in [1.165, 1.54) is 0 Å². The Balaban J connectivity index is 1.36. The van der Waals surface area contributed by atoms with Crippen LogP contribution in [0.25, 0.3) is 11.1 Å². The van der Waals surface area contributed by atoms with Gasteiger partial charge in [0.1, 0.15) is 18.8 Å². The first kappa shape index (κ1) is 22.0. The number of ether oxygens (including phenoxy) is 1. The van der Waals surface area contributed by atoms with Gasteiger partial charge in [-0.05, 0) is 34.4 Å². The van der Waals surface area contributed by atoms with Crippen molar-refractivity contribution in [1.29, 1.82) is 0 Å². The Bertz CT molecular complexity index is 1040. The number of hydrogen-bond acceptors (Lipinski definition) is 4. The fourth-order valence-electron chi connectivity index (χ4n) is 3.93. The lowest BCUT2D eigenvalue weighted by Crippen LogP contribution is -2.36. The highest BCUT2D eigenvalue weighted by molar-refractivity contribution is 9.11. The van der Waals surface area contributed by atoms with Crippen LogP contribution in [-0.4, -0.2) is 35.6 Å². The predicted molar refractivity (Wildman–Crippen MR) is 126 cm³/mol. The molecule has 0 fully saturated rings. The number of fused-ring (bicyclic) bond motifs is 3. The highest BCUT2D eigenvalue weighted by atomic mass is 79.9. The Kier molecular flexibility index (Phi) is 6.77. The molecule has 1 amide bonds. The van der Waals surface area contributed by atoms with Gasteiger partial charge in [0.05, 0.1) is 0 Å². The molecule has 2 unspecified atom stereocenters. The van der Waals surface area contributed by atoms with Crippen molar-refractivity contribution in [3.8, 4) is 11.1 Å². The molecule has 3 N–H and O–H groups in total. The fourth-order valence-corrected chi connectivity index (χ4v) is 5.40. The van der Waals surface area contributed by atoms with Crippen molar-refractivity contribution in [2.45, 2.75) is 18.1 Å². The van der Waals surface area contributed by atoms with Crippen LogP contribution in [0.5, 0.6) is 0 Å². The summed E-state index contributed by atoms with van der Waals surface area (Å²) in [6.07, 6.45) is -3.02. The lowest BCUT2D eigenvalue weighted by Gasteiger charge is -2.21. The lowest BCUT2D eigenvalue weighted by molar-refractivity contribution is 0.0177. The molecule has 0 aliphatic heterocycles. The Morgan fingerprint density at radius 3 is 2.03 bits per heavy atom. The number of carbonyl (C=O) groups excluding carboxylic acids is 1. The largest absolute Gasteiger partial charge is 0.449 e. The second-order valence-corrected chi connectivity index (χ2v) is 9.06. The summed E-state index contributed by atoms with van der Waals surface area (Å²) in [5.74, 6) is -0.0371. The lowest BCUT2D eigenvalue weighted by atomic mass is 9.98. The van der Waals surface area contributed by atoms with Gasteiger partial charge < -0.3 is 20.3 Å². The van der Waals surface area contributed by atoms with E-state index in [1.807, 2.05) is 30.3 Å². The van der Waals surface area contributed by atoms with Crippen LogP contribution in [-0.2, 0) is 4.74 Å². The third kappa shape index (κ3) is 4.55. The summed E-state index contributed by atoms with van der Waals surface area (Å²) in [5, 5.41) is 23.4. The maximum absolute atomic E-state index is 12.3. The Hall–Kier alpha value is -2.19. The minimum atomic E-state index is -1.20. The molecular weight excluding hydrogens is 526 g/mol. The quantitative estimate of drug-likeness (QED) is 0.400. The molecule has 1 aliphatic carbocycles. The van der Waals surface area contributed by atoms with Crippen LogP contribution in [0.1, 0.15) is 28.7 Å². The molecule has 0 saturated heterocycles. The fraction of sp³-hybridized carbons (Fsp3) is 0.208. The van der Waals surface area contributed by atoms with Gasteiger partial charge in [-0.25, -0.2) is 4.79 Å². The van der Waals surface area contributed by atoms with Crippen molar-refractivity contribution in [1.82, 2.24) is 5.32 Å². The van der Waals surface area contributed by atoms with E-state index < -0.39 is 18.3 Å². The first-order valence-corrected chi connectivity index (χ1v) is 11.4. The molecule has 0 bridgehead atoms. The van der Waals surface area contributed by atoms with Gasteiger partial charge in [-0.15, -0.1) is 0 Å². The summed E-state index contributed by atoms with van der Waals surface area (Å²) in [6.45, 7) is 0.0416. The average molecular weight is 547 g/mol. The monoisotopic (exact) mass is 545 g/mol. The Labute approximate surface area is 197 Å². The molecule has 1 aliphatic rings. The molecule has 0 heterocycles. The van der Waals surface area contributed by atoms with Crippen LogP contribution in [0.15, 0.2) is 75.7 Å². The van der Waals surface area contributed by atoms with Crippen molar-refractivity contribution in [2.24, 2.45) is 0 Å². The van der Waals surface area contributed by atoms with Gasteiger partial charge in [0.2, 0.25) is 0 Å². The topological polar surface area (TPSA) is 78.8 Å². The standard InChI is InChI=1S/C24H21Br2NO4/c25-19-10-5-11-20(26)22(19)23(29)21(28)12-27-24(30)31-13-18-16-8-3-1-6-14(16)15-7-2-4-9-17(15)18/h1-11,18,21,23,28-29H,12-13H2,(H,27,30). The van der Waals surface area contributed by atoms with Gasteiger partial charge in [0.25, 0.3) is 0 Å². The maximum atomic E-state index is 12.3. The van der Waals surface area contributed by atoms with E-state index in [0.29, 0.717) is 14.5 Å². The molecule has 5 nitrogen and oxygen atoms in total. The van der Waals surface area contributed by atoms with E-state index in [4.69, 9.17) is 4.74 Å². The smallest absolute Gasteiger partial charge is 0.407 e. The van der Waals surface area contributed by atoms with Crippen molar-refractivity contribution in [2.75, 3.05) is 13.2 Å².